The van der Waals surface area contributed by atoms with E-state index in [0.717, 1.165) is 16.7 Å². The summed E-state index contributed by atoms with van der Waals surface area (Å²) in [5, 5.41) is 0. The van der Waals surface area contributed by atoms with Crippen LogP contribution >= 0.6 is 0 Å². The van der Waals surface area contributed by atoms with Gasteiger partial charge < -0.3 is 15.2 Å². The van der Waals surface area contributed by atoms with Crippen molar-refractivity contribution in [3.63, 3.8) is 0 Å². The molecule has 2 rings (SSSR count). The average molecular weight is 261 g/mol. The van der Waals surface area contributed by atoms with E-state index in [0.29, 0.717) is 11.5 Å². The maximum Gasteiger partial charge on any atom is 0.168 e. The highest BCUT2D eigenvalue weighted by Gasteiger charge is 2.14. The fraction of sp³-hybridized carbons (Fsp3) is 0.200. The summed E-state index contributed by atoms with van der Waals surface area (Å²) in [6.45, 7) is 0.257. The minimum absolute atomic E-state index is 0.257. The lowest BCUT2D eigenvalue weighted by Gasteiger charge is -2.15. The molecule has 0 bridgehead atoms. The van der Waals surface area contributed by atoms with Gasteiger partial charge in [-0.25, -0.2) is 4.39 Å². The van der Waals surface area contributed by atoms with Gasteiger partial charge >= 0.3 is 0 Å². The number of benzene rings is 2. The standard InChI is InChI=1S/C15H16FNO2/c1-18-14-5-3-4-13(15(14)19-2)12-7-6-11(16)8-10(12)9-17/h3-8H,9,17H2,1-2H3. The van der Waals surface area contributed by atoms with Crippen molar-refractivity contribution >= 4 is 0 Å². The first-order valence-electron chi connectivity index (χ1n) is 5.91. The van der Waals surface area contributed by atoms with Crippen LogP contribution in [-0.4, -0.2) is 14.2 Å². The lowest BCUT2D eigenvalue weighted by molar-refractivity contribution is 0.356. The van der Waals surface area contributed by atoms with E-state index in [2.05, 4.69) is 0 Å². The van der Waals surface area contributed by atoms with Crippen LogP contribution in [0.5, 0.6) is 11.5 Å². The zero-order chi connectivity index (χ0) is 13.8. The van der Waals surface area contributed by atoms with Crippen LogP contribution in [0.2, 0.25) is 0 Å². The Bertz CT molecular complexity index is 584. The van der Waals surface area contributed by atoms with Crippen molar-refractivity contribution in [2.45, 2.75) is 6.54 Å². The van der Waals surface area contributed by atoms with Gasteiger partial charge in [0.1, 0.15) is 5.82 Å². The van der Waals surface area contributed by atoms with Gasteiger partial charge in [0, 0.05) is 12.1 Å². The van der Waals surface area contributed by atoms with Gasteiger partial charge in [0.2, 0.25) is 0 Å². The zero-order valence-electron chi connectivity index (χ0n) is 10.9. The third-order valence-corrected chi connectivity index (χ3v) is 2.98. The summed E-state index contributed by atoms with van der Waals surface area (Å²) in [6, 6.07) is 10.1. The first-order valence-corrected chi connectivity index (χ1v) is 5.91. The molecule has 0 spiro atoms. The van der Waals surface area contributed by atoms with Crippen LogP contribution in [0.1, 0.15) is 5.56 Å². The van der Waals surface area contributed by atoms with E-state index in [1.165, 1.54) is 12.1 Å². The highest BCUT2D eigenvalue weighted by atomic mass is 19.1. The SMILES string of the molecule is COc1cccc(-c2ccc(F)cc2CN)c1OC. The van der Waals surface area contributed by atoms with Gasteiger partial charge in [0.05, 0.1) is 14.2 Å². The molecule has 2 aromatic carbocycles. The molecule has 0 aliphatic heterocycles. The molecule has 0 saturated heterocycles. The quantitative estimate of drug-likeness (QED) is 0.920. The molecule has 0 radical (unpaired) electrons. The summed E-state index contributed by atoms with van der Waals surface area (Å²) in [7, 11) is 3.16. The van der Waals surface area contributed by atoms with Gasteiger partial charge in [-0.3, -0.25) is 0 Å². The van der Waals surface area contributed by atoms with E-state index < -0.39 is 0 Å². The Morgan fingerprint density at radius 3 is 2.47 bits per heavy atom. The number of methoxy groups -OCH3 is 2. The molecule has 2 aromatic rings. The van der Waals surface area contributed by atoms with Crippen molar-refractivity contribution in [1.82, 2.24) is 0 Å². The molecule has 0 aromatic heterocycles. The normalized spacial score (nSPS) is 10.3. The van der Waals surface area contributed by atoms with Crippen molar-refractivity contribution < 1.29 is 13.9 Å². The lowest BCUT2D eigenvalue weighted by atomic mass is 9.98. The average Bonchev–Trinajstić information content (AvgIpc) is 2.46. The van der Waals surface area contributed by atoms with Crippen molar-refractivity contribution in [2.24, 2.45) is 5.73 Å². The topological polar surface area (TPSA) is 44.5 Å². The molecule has 0 aliphatic carbocycles. The number of nitrogens with two attached hydrogens (primary N) is 1. The molecule has 0 aliphatic rings. The Kier molecular flexibility index (Phi) is 4.02. The molecule has 4 heteroatoms. The van der Waals surface area contributed by atoms with Crippen LogP contribution in [0, 0.1) is 5.82 Å². The van der Waals surface area contributed by atoms with Crippen LogP contribution in [0.25, 0.3) is 11.1 Å². The molecular formula is C15H16FNO2. The minimum Gasteiger partial charge on any atom is -0.493 e. The minimum atomic E-state index is -0.300. The Labute approximate surface area is 111 Å². The second-order valence-electron chi connectivity index (χ2n) is 4.05. The summed E-state index contributed by atoms with van der Waals surface area (Å²) in [6.07, 6.45) is 0. The van der Waals surface area contributed by atoms with E-state index in [-0.39, 0.29) is 12.4 Å². The predicted molar refractivity (Wildman–Crippen MR) is 72.8 cm³/mol. The van der Waals surface area contributed by atoms with Gasteiger partial charge in [-0.1, -0.05) is 18.2 Å². The first-order chi connectivity index (χ1) is 9.21. The van der Waals surface area contributed by atoms with Gasteiger partial charge in [-0.2, -0.15) is 0 Å². The molecule has 0 fully saturated rings. The maximum atomic E-state index is 13.3. The van der Waals surface area contributed by atoms with Crippen LogP contribution < -0.4 is 15.2 Å². The molecule has 2 N–H and O–H groups in total. The van der Waals surface area contributed by atoms with Gasteiger partial charge in [0.15, 0.2) is 11.5 Å². The molecule has 0 amide bonds. The highest BCUT2D eigenvalue weighted by Crippen LogP contribution is 2.39. The zero-order valence-corrected chi connectivity index (χ0v) is 10.9. The fourth-order valence-corrected chi connectivity index (χ4v) is 2.09. The summed E-state index contributed by atoms with van der Waals surface area (Å²) >= 11 is 0. The number of hydrogen-bond donors (Lipinski definition) is 1. The van der Waals surface area contributed by atoms with Gasteiger partial charge in [0.25, 0.3) is 0 Å². The number of rotatable bonds is 4. The second kappa shape index (κ2) is 5.71. The van der Waals surface area contributed by atoms with Crippen LogP contribution in [0.3, 0.4) is 0 Å². The van der Waals surface area contributed by atoms with Crippen molar-refractivity contribution in [3.05, 3.63) is 47.8 Å². The fourth-order valence-electron chi connectivity index (χ4n) is 2.09. The largest absolute Gasteiger partial charge is 0.493 e. The number of halogens is 1. The van der Waals surface area contributed by atoms with Crippen LogP contribution in [0.4, 0.5) is 4.39 Å². The van der Waals surface area contributed by atoms with Crippen LogP contribution in [0.15, 0.2) is 36.4 Å². The number of hydrogen-bond acceptors (Lipinski definition) is 3. The van der Waals surface area contributed by atoms with E-state index >= 15 is 0 Å². The molecule has 0 heterocycles. The van der Waals surface area contributed by atoms with E-state index in [4.69, 9.17) is 15.2 Å². The number of para-hydroxylation sites is 1. The van der Waals surface area contributed by atoms with Gasteiger partial charge in [-0.05, 0) is 29.3 Å². The maximum absolute atomic E-state index is 13.3. The predicted octanol–water partition coefficient (Wildman–Crippen LogP) is 2.97. The number of ether oxygens (including phenoxy) is 2. The summed E-state index contributed by atoms with van der Waals surface area (Å²) in [4.78, 5) is 0. The van der Waals surface area contributed by atoms with Crippen LogP contribution in [-0.2, 0) is 6.54 Å². The Hall–Kier alpha value is -2.07. The Balaban J connectivity index is 2.65. The molecule has 0 unspecified atom stereocenters. The smallest absolute Gasteiger partial charge is 0.168 e. The molecule has 0 saturated carbocycles. The van der Waals surface area contributed by atoms with Crippen molar-refractivity contribution in [2.75, 3.05) is 14.2 Å². The molecule has 0 atom stereocenters. The van der Waals surface area contributed by atoms with Crippen molar-refractivity contribution in [1.29, 1.82) is 0 Å². The second-order valence-corrected chi connectivity index (χ2v) is 4.05. The molecular weight excluding hydrogens is 245 g/mol. The van der Waals surface area contributed by atoms with Crippen molar-refractivity contribution in [3.8, 4) is 22.6 Å². The molecule has 3 nitrogen and oxygen atoms in total. The van der Waals surface area contributed by atoms with E-state index in [1.54, 1.807) is 20.3 Å². The molecule has 19 heavy (non-hydrogen) atoms. The Morgan fingerprint density at radius 2 is 1.84 bits per heavy atom. The summed E-state index contributed by atoms with van der Waals surface area (Å²) in [5.41, 5.74) is 8.09. The lowest BCUT2D eigenvalue weighted by Crippen LogP contribution is -2.01. The monoisotopic (exact) mass is 261 g/mol. The molecule has 100 valence electrons. The Morgan fingerprint density at radius 1 is 1.05 bits per heavy atom. The third-order valence-electron chi connectivity index (χ3n) is 2.98. The summed E-state index contributed by atoms with van der Waals surface area (Å²) < 4.78 is 23.9. The third kappa shape index (κ3) is 2.53. The van der Waals surface area contributed by atoms with E-state index in [1.807, 2.05) is 18.2 Å². The first kappa shape index (κ1) is 13.4. The van der Waals surface area contributed by atoms with Gasteiger partial charge in [-0.15, -0.1) is 0 Å². The summed E-state index contributed by atoms with van der Waals surface area (Å²) in [5.74, 6) is 0.949. The van der Waals surface area contributed by atoms with E-state index in [9.17, 15) is 4.39 Å². The highest BCUT2D eigenvalue weighted by molar-refractivity contribution is 5.76.